The largest absolute Gasteiger partial charge is 0.629 e. The Bertz CT molecular complexity index is 315. The first-order chi connectivity index (χ1) is 6.31. The van der Waals surface area contributed by atoms with E-state index in [0.29, 0.717) is 5.88 Å². The average molecular weight is 194 g/mol. The van der Waals surface area contributed by atoms with Crippen LogP contribution in [0.4, 0.5) is 0 Å². The molecule has 66 valence electrons. The maximum absolute atomic E-state index is 5.62. The number of para-hydroxylation sites is 2. The first-order valence-corrected chi connectivity index (χ1v) is 4.50. The molecule has 2 nitrogen and oxygen atoms in total. The number of alkyl halides is 1. The monoisotopic (exact) mass is 194 g/mol. The third-order valence-electron chi connectivity index (χ3n) is 1.82. The van der Waals surface area contributed by atoms with Gasteiger partial charge < -0.3 is 9.31 Å². The van der Waals surface area contributed by atoms with Crippen LogP contribution in [-0.4, -0.2) is 13.0 Å². The smallest absolute Gasteiger partial charge is 0.519 e. The maximum Gasteiger partial charge on any atom is 0.629 e. The fourth-order valence-electron chi connectivity index (χ4n) is 1.13. The van der Waals surface area contributed by atoms with Crippen molar-refractivity contribution in [2.24, 2.45) is 0 Å². The van der Waals surface area contributed by atoms with Gasteiger partial charge in [0.25, 0.3) is 0 Å². The van der Waals surface area contributed by atoms with Crippen LogP contribution in [0, 0.1) is 0 Å². The minimum atomic E-state index is -0.421. The van der Waals surface area contributed by atoms with Crippen LogP contribution in [0.3, 0.4) is 0 Å². The quantitative estimate of drug-likeness (QED) is 0.531. The van der Waals surface area contributed by atoms with E-state index in [1.807, 2.05) is 24.3 Å². The summed E-state index contributed by atoms with van der Waals surface area (Å²) in [7, 11) is -0.421. The topological polar surface area (TPSA) is 18.5 Å². The fraction of sp³-hybridized carbons (Fsp3) is 0.111. The Morgan fingerprint density at radius 2 is 1.85 bits per heavy atom. The lowest BCUT2D eigenvalue weighted by atomic mass is 9.81. The molecule has 0 bridgehead atoms. The van der Waals surface area contributed by atoms with Gasteiger partial charge in [0, 0.05) is 5.88 Å². The molecule has 0 atom stereocenters. The summed E-state index contributed by atoms with van der Waals surface area (Å²) in [5.41, 5.74) is 0.734. The van der Waals surface area contributed by atoms with Crippen LogP contribution in [0.2, 0.25) is 0 Å². The number of rotatable bonds is 2. The summed E-state index contributed by atoms with van der Waals surface area (Å²) in [6.45, 7) is 3.76. The van der Waals surface area contributed by atoms with Crippen LogP contribution in [0.5, 0.6) is 11.5 Å². The average Bonchev–Trinajstić information content (AvgIpc) is 2.59. The molecule has 0 aromatic heterocycles. The predicted molar refractivity (Wildman–Crippen MR) is 53.3 cm³/mol. The number of halogens is 1. The summed E-state index contributed by atoms with van der Waals surface area (Å²) in [5, 5.41) is 0. The third-order valence-corrected chi connectivity index (χ3v) is 2.17. The summed E-state index contributed by atoms with van der Waals surface area (Å²) < 4.78 is 10.9. The minimum Gasteiger partial charge on any atom is -0.519 e. The second-order valence-electron chi connectivity index (χ2n) is 2.81. The van der Waals surface area contributed by atoms with Crippen LogP contribution in [0.25, 0.3) is 0 Å². The van der Waals surface area contributed by atoms with Gasteiger partial charge in [0.2, 0.25) is 0 Å². The Morgan fingerprint density at radius 1 is 1.31 bits per heavy atom. The zero-order valence-corrected chi connectivity index (χ0v) is 7.75. The highest BCUT2D eigenvalue weighted by Crippen LogP contribution is 2.33. The SMILES string of the molecule is C=C(CCl)B1Oc2ccccc2O1. The minimum absolute atomic E-state index is 0.346. The maximum atomic E-state index is 5.62. The third kappa shape index (κ3) is 1.52. The second-order valence-corrected chi connectivity index (χ2v) is 3.07. The van der Waals surface area contributed by atoms with Crippen LogP contribution in [-0.2, 0) is 0 Å². The van der Waals surface area contributed by atoms with Gasteiger partial charge in [0.05, 0.1) is 0 Å². The molecule has 0 radical (unpaired) electrons. The van der Waals surface area contributed by atoms with E-state index in [-0.39, 0.29) is 0 Å². The van der Waals surface area contributed by atoms with Crippen molar-refractivity contribution in [2.45, 2.75) is 0 Å². The number of allylic oxidation sites excluding steroid dienone is 1. The molecule has 1 aliphatic heterocycles. The van der Waals surface area contributed by atoms with Gasteiger partial charge in [-0.05, 0) is 17.6 Å². The van der Waals surface area contributed by atoms with Gasteiger partial charge in [-0.2, -0.15) is 0 Å². The zero-order valence-electron chi connectivity index (χ0n) is 7.00. The summed E-state index contributed by atoms with van der Waals surface area (Å²) >= 11 is 5.62. The van der Waals surface area contributed by atoms with Crippen molar-refractivity contribution in [3.8, 4) is 11.5 Å². The Hall–Kier alpha value is -1.09. The standard InChI is InChI=1S/C9H8BClO2/c1-7(6-11)10-12-8-4-2-3-5-9(8)13-10/h2-5H,1,6H2. The fourth-order valence-corrected chi connectivity index (χ4v) is 1.26. The molecule has 2 rings (SSSR count). The van der Waals surface area contributed by atoms with E-state index in [2.05, 4.69) is 6.58 Å². The molecule has 0 unspecified atom stereocenters. The molecule has 0 spiro atoms. The highest BCUT2D eigenvalue weighted by Gasteiger charge is 2.33. The molecule has 1 aromatic rings. The molecule has 1 aromatic carbocycles. The summed E-state index contributed by atoms with van der Waals surface area (Å²) in [6.07, 6.45) is 0. The molecule has 0 amide bonds. The van der Waals surface area contributed by atoms with Gasteiger partial charge in [0.15, 0.2) is 0 Å². The molecule has 1 aliphatic rings. The molecule has 0 saturated carbocycles. The van der Waals surface area contributed by atoms with Crippen LogP contribution in [0.15, 0.2) is 36.3 Å². The normalized spacial score (nSPS) is 13.2. The number of benzene rings is 1. The Labute approximate surface area is 82.3 Å². The Balaban J connectivity index is 2.18. The first-order valence-electron chi connectivity index (χ1n) is 3.97. The number of hydrogen-bond donors (Lipinski definition) is 0. The number of fused-ring (bicyclic) bond motifs is 1. The van der Waals surface area contributed by atoms with E-state index in [9.17, 15) is 0 Å². The van der Waals surface area contributed by atoms with Crippen molar-refractivity contribution < 1.29 is 9.31 Å². The van der Waals surface area contributed by atoms with E-state index in [1.54, 1.807) is 0 Å². The van der Waals surface area contributed by atoms with Gasteiger partial charge >= 0.3 is 7.12 Å². The molecule has 0 saturated heterocycles. The van der Waals surface area contributed by atoms with Crippen molar-refractivity contribution in [3.63, 3.8) is 0 Å². The van der Waals surface area contributed by atoms with Gasteiger partial charge in [-0.3, -0.25) is 0 Å². The van der Waals surface area contributed by atoms with Gasteiger partial charge in [-0.15, -0.1) is 11.6 Å². The lowest BCUT2D eigenvalue weighted by Crippen LogP contribution is -2.27. The molecule has 13 heavy (non-hydrogen) atoms. The number of hydrogen-bond acceptors (Lipinski definition) is 2. The van der Waals surface area contributed by atoms with E-state index >= 15 is 0 Å². The highest BCUT2D eigenvalue weighted by molar-refractivity contribution is 6.58. The molecule has 0 aliphatic carbocycles. The molecule has 0 fully saturated rings. The van der Waals surface area contributed by atoms with E-state index < -0.39 is 7.12 Å². The van der Waals surface area contributed by atoms with Crippen LogP contribution >= 0.6 is 11.6 Å². The predicted octanol–water partition coefficient (Wildman–Crippen LogP) is 2.28. The van der Waals surface area contributed by atoms with E-state index in [0.717, 1.165) is 17.0 Å². The molecule has 1 heterocycles. The highest BCUT2D eigenvalue weighted by atomic mass is 35.5. The van der Waals surface area contributed by atoms with Gasteiger partial charge in [-0.1, -0.05) is 18.7 Å². The summed E-state index contributed by atoms with van der Waals surface area (Å²) in [4.78, 5) is 0. The zero-order chi connectivity index (χ0) is 9.26. The summed E-state index contributed by atoms with van der Waals surface area (Å²) in [6, 6.07) is 7.51. The van der Waals surface area contributed by atoms with E-state index in [4.69, 9.17) is 20.9 Å². The van der Waals surface area contributed by atoms with Gasteiger partial charge in [0.1, 0.15) is 11.5 Å². The molecule has 0 N–H and O–H groups in total. The Morgan fingerprint density at radius 3 is 2.31 bits per heavy atom. The summed E-state index contributed by atoms with van der Waals surface area (Å²) in [5.74, 6) is 1.84. The first kappa shape index (κ1) is 8.51. The lowest BCUT2D eigenvalue weighted by molar-refractivity contribution is 0.512. The van der Waals surface area contributed by atoms with Crippen LogP contribution < -0.4 is 9.31 Å². The molecular formula is C9H8BClO2. The Kier molecular flexibility index (Phi) is 2.19. The van der Waals surface area contributed by atoms with Gasteiger partial charge in [-0.25, -0.2) is 0 Å². The van der Waals surface area contributed by atoms with Crippen molar-refractivity contribution >= 4 is 18.7 Å². The van der Waals surface area contributed by atoms with Crippen molar-refractivity contribution in [2.75, 3.05) is 5.88 Å². The van der Waals surface area contributed by atoms with Crippen molar-refractivity contribution in [1.29, 1.82) is 0 Å². The van der Waals surface area contributed by atoms with Crippen LogP contribution in [0.1, 0.15) is 0 Å². The lowest BCUT2D eigenvalue weighted by Gasteiger charge is -2.03. The van der Waals surface area contributed by atoms with Crippen molar-refractivity contribution in [3.05, 3.63) is 36.3 Å². The second kappa shape index (κ2) is 3.34. The molecule has 4 heteroatoms. The van der Waals surface area contributed by atoms with E-state index in [1.165, 1.54) is 0 Å². The molecular weight excluding hydrogens is 186 g/mol. The van der Waals surface area contributed by atoms with Crippen molar-refractivity contribution in [1.82, 2.24) is 0 Å².